The van der Waals surface area contributed by atoms with Crippen LogP contribution in [-0.2, 0) is 4.79 Å². The van der Waals surface area contributed by atoms with Gasteiger partial charge in [-0.25, -0.2) is 9.38 Å². The molecule has 0 saturated heterocycles. The lowest BCUT2D eigenvalue weighted by Gasteiger charge is -2.18. The van der Waals surface area contributed by atoms with Gasteiger partial charge < -0.3 is 0 Å². The summed E-state index contributed by atoms with van der Waals surface area (Å²) in [6.45, 7) is 1.68. The molecule has 1 atom stereocenters. The number of nitrogens with zero attached hydrogens (tertiary/aromatic N) is 3. The van der Waals surface area contributed by atoms with Crippen molar-refractivity contribution in [2.75, 3.05) is 4.90 Å². The molecule has 1 amide bonds. The van der Waals surface area contributed by atoms with Gasteiger partial charge in [0.1, 0.15) is 11.5 Å². The van der Waals surface area contributed by atoms with Crippen LogP contribution in [0.2, 0.25) is 10.0 Å². The van der Waals surface area contributed by atoms with E-state index in [4.69, 9.17) is 28.5 Å². The summed E-state index contributed by atoms with van der Waals surface area (Å²) in [6.07, 6.45) is 1.54. The summed E-state index contributed by atoms with van der Waals surface area (Å²) in [6, 6.07) is 12.9. The van der Waals surface area contributed by atoms with E-state index in [1.54, 1.807) is 37.3 Å². The van der Waals surface area contributed by atoms with Crippen molar-refractivity contribution >= 4 is 57.8 Å². The van der Waals surface area contributed by atoms with Gasteiger partial charge in [0.25, 0.3) is 5.91 Å². The van der Waals surface area contributed by atoms with Gasteiger partial charge in [0, 0.05) is 0 Å². The molecule has 136 valence electrons. The molecule has 0 spiro atoms. The molecule has 1 aliphatic rings. The number of carbonyl (C=O) groups is 1. The van der Waals surface area contributed by atoms with E-state index in [-0.39, 0.29) is 16.6 Å². The van der Waals surface area contributed by atoms with Crippen LogP contribution in [0, 0.1) is 17.1 Å². The van der Waals surface area contributed by atoms with Crippen LogP contribution >= 0.6 is 35.0 Å². The van der Waals surface area contributed by atoms with Gasteiger partial charge in [-0.1, -0.05) is 53.2 Å². The Morgan fingerprint density at radius 3 is 2.67 bits per heavy atom. The molecule has 3 rings (SSSR count). The molecule has 0 aliphatic carbocycles. The number of amidine groups is 1. The molecule has 0 saturated carbocycles. The monoisotopic (exact) mass is 419 g/mol. The Kier molecular flexibility index (Phi) is 5.85. The topological polar surface area (TPSA) is 56.5 Å². The van der Waals surface area contributed by atoms with Gasteiger partial charge in [0.05, 0.1) is 27.1 Å². The van der Waals surface area contributed by atoms with Crippen LogP contribution in [0.3, 0.4) is 0 Å². The van der Waals surface area contributed by atoms with Crippen molar-refractivity contribution in [3.05, 3.63) is 69.6 Å². The Morgan fingerprint density at radius 1 is 1.26 bits per heavy atom. The lowest BCUT2D eigenvalue weighted by Crippen LogP contribution is -2.31. The van der Waals surface area contributed by atoms with Crippen LogP contribution in [0.5, 0.6) is 0 Å². The molecular formula is C19H12Cl2FN3OS. The highest BCUT2D eigenvalue weighted by atomic mass is 35.5. The molecule has 1 unspecified atom stereocenters. The van der Waals surface area contributed by atoms with Crippen LogP contribution in [0.4, 0.5) is 10.1 Å². The lowest BCUT2D eigenvalue weighted by atomic mass is 10.2. The van der Waals surface area contributed by atoms with Crippen molar-refractivity contribution in [1.82, 2.24) is 0 Å². The normalized spacial score (nSPS) is 16.4. The minimum Gasteiger partial charge on any atom is -0.266 e. The predicted octanol–water partition coefficient (Wildman–Crippen LogP) is 5.52. The average molecular weight is 420 g/mol. The highest BCUT2D eigenvalue weighted by Gasteiger charge is 2.34. The predicted molar refractivity (Wildman–Crippen MR) is 108 cm³/mol. The molecule has 8 heteroatoms. The van der Waals surface area contributed by atoms with Gasteiger partial charge in [-0.2, -0.15) is 5.26 Å². The summed E-state index contributed by atoms with van der Waals surface area (Å²) in [5.41, 5.74) is 0.824. The molecule has 2 aromatic rings. The largest absolute Gasteiger partial charge is 0.283 e. The van der Waals surface area contributed by atoms with E-state index in [9.17, 15) is 9.18 Å². The van der Waals surface area contributed by atoms with Crippen molar-refractivity contribution in [2.24, 2.45) is 4.99 Å². The number of para-hydroxylation sites is 1. The van der Waals surface area contributed by atoms with E-state index in [1.807, 2.05) is 0 Å². The van der Waals surface area contributed by atoms with Crippen molar-refractivity contribution in [1.29, 1.82) is 5.26 Å². The number of benzene rings is 2. The van der Waals surface area contributed by atoms with Crippen molar-refractivity contribution in [3.8, 4) is 6.07 Å². The third-order valence-corrected chi connectivity index (χ3v) is 5.32. The van der Waals surface area contributed by atoms with Crippen LogP contribution in [0.15, 0.2) is 53.2 Å². The number of halogens is 3. The van der Waals surface area contributed by atoms with Crippen LogP contribution in [0.1, 0.15) is 12.5 Å². The van der Waals surface area contributed by atoms with Crippen LogP contribution < -0.4 is 4.90 Å². The van der Waals surface area contributed by atoms with Gasteiger partial charge in [-0.05, 0) is 42.8 Å². The first-order valence-electron chi connectivity index (χ1n) is 7.81. The van der Waals surface area contributed by atoms with E-state index in [2.05, 4.69) is 11.1 Å². The lowest BCUT2D eigenvalue weighted by molar-refractivity contribution is -0.113. The smallest absolute Gasteiger partial charge is 0.266 e. The first-order chi connectivity index (χ1) is 12.9. The van der Waals surface area contributed by atoms with E-state index in [0.29, 0.717) is 15.6 Å². The number of thioether (sulfide) groups is 1. The number of carbonyl (C=O) groups excluding carboxylic acids is 1. The summed E-state index contributed by atoms with van der Waals surface area (Å²) in [7, 11) is 0. The van der Waals surface area contributed by atoms with Gasteiger partial charge in [-0.15, -0.1) is 0 Å². The molecule has 27 heavy (non-hydrogen) atoms. The second kappa shape index (κ2) is 8.13. The maximum atomic E-state index is 14.3. The number of hydrogen-bond acceptors (Lipinski definition) is 4. The van der Waals surface area contributed by atoms with Crippen molar-refractivity contribution in [2.45, 2.75) is 12.2 Å². The molecule has 0 N–H and O–H groups in total. The highest BCUT2D eigenvalue weighted by Crippen LogP contribution is 2.33. The Bertz CT molecular complexity index is 1020. The minimum absolute atomic E-state index is 0.0800. The average Bonchev–Trinajstić information content (AvgIpc) is 2.93. The molecule has 0 bridgehead atoms. The molecule has 2 aromatic carbocycles. The van der Waals surface area contributed by atoms with E-state index in [1.165, 1.54) is 23.1 Å². The number of rotatable bonds is 3. The van der Waals surface area contributed by atoms with Crippen LogP contribution in [0.25, 0.3) is 6.08 Å². The summed E-state index contributed by atoms with van der Waals surface area (Å²) in [4.78, 5) is 18.4. The standard InChI is InChI=1S/C19H12Cl2FN3OS/c1-11(10-23)27-19-24-16(9-12-6-7-13(20)14(21)8-12)18(26)25(19)17-5-3-2-4-15(17)22/h2-9,11H,1H3/b16-9+. The third-order valence-electron chi connectivity index (χ3n) is 3.63. The first kappa shape index (κ1) is 19.4. The van der Waals surface area contributed by atoms with Gasteiger partial charge in [0.2, 0.25) is 0 Å². The second-order valence-electron chi connectivity index (χ2n) is 5.58. The Morgan fingerprint density at radius 2 is 2.00 bits per heavy atom. The zero-order chi connectivity index (χ0) is 19.6. The summed E-state index contributed by atoms with van der Waals surface area (Å²) in [5, 5.41) is 9.61. The van der Waals surface area contributed by atoms with E-state index >= 15 is 0 Å². The first-order valence-corrected chi connectivity index (χ1v) is 9.45. The zero-order valence-corrected chi connectivity index (χ0v) is 16.3. The quantitative estimate of drug-likeness (QED) is 0.615. The molecular weight excluding hydrogens is 408 g/mol. The zero-order valence-electron chi connectivity index (χ0n) is 14.0. The molecule has 0 aromatic heterocycles. The fourth-order valence-electron chi connectivity index (χ4n) is 2.37. The molecule has 0 radical (unpaired) electrons. The van der Waals surface area contributed by atoms with Gasteiger partial charge >= 0.3 is 0 Å². The highest BCUT2D eigenvalue weighted by molar-refractivity contribution is 8.15. The van der Waals surface area contributed by atoms with Crippen molar-refractivity contribution < 1.29 is 9.18 Å². The summed E-state index contributed by atoms with van der Waals surface area (Å²) in [5.74, 6) is -1.04. The SMILES string of the molecule is CC(C#N)SC1=N/C(=C/c2ccc(Cl)c(Cl)c2)C(=O)N1c1ccccc1F. The molecule has 4 nitrogen and oxygen atoms in total. The Hall–Kier alpha value is -2.33. The molecule has 1 aliphatic heterocycles. The Balaban J connectivity index is 2.05. The third kappa shape index (κ3) is 4.16. The number of amides is 1. The second-order valence-corrected chi connectivity index (χ2v) is 7.70. The number of hydrogen-bond donors (Lipinski definition) is 0. The van der Waals surface area contributed by atoms with Crippen LogP contribution in [-0.4, -0.2) is 16.3 Å². The maximum absolute atomic E-state index is 14.3. The summed E-state index contributed by atoms with van der Waals surface area (Å²) >= 11 is 13.0. The summed E-state index contributed by atoms with van der Waals surface area (Å²) < 4.78 is 14.3. The fourth-order valence-corrected chi connectivity index (χ4v) is 3.48. The number of aliphatic imine (C=N–C) groups is 1. The van der Waals surface area contributed by atoms with Gasteiger partial charge in [0.15, 0.2) is 5.17 Å². The van der Waals surface area contributed by atoms with Crippen molar-refractivity contribution in [3.63, 3.8) is 0 Å². The van der Waals surface area contributed by atoms with E-state index < -0.39 is 17.0 Å². The Labute approximate surface area is 169 Å². The molecule has 0 fully saturated rings. The minimum atomic E-state index is -0.556. The molecule has 1 heterocycles. The fraction of sp³-hybridized carbons (Fsp3) is 0.105. The van der Waals surface area contributed by atoms with E-state index in [0.717, 1.165) is 11.8 Å². The maximum Gasteiger partial charge on any atom is 0.283 e. The van der Waals surface area contributed by atoms with Gasteiger partial charge in [-0.3, -0.25) is 9.69 Å². The number of nitriles is 1. The number of anilines is 1.